The van der Waals surface area contributed by atoms with Crippen molar-refractivity contribution in [3.05, 3.63) is 47.2 Å². The highest BCUT2D eigenvalue weighted by Gasteiger charge is 2.67. The first-order chi connectivity index (χ1) is 21.8. The van der Waals surface area contributed by atoms with E-state index >= 15 is 0 Å². The second kappa shape index (κ2) is 13.9. The van der Waals surface area contributed by atoms with E-state index < -0.39 is 125 Å². The second-order valence-corrected chi connectivity index (χ2v) is 12.3. The molecule has 3 fully saturated rings. The molecule has 19 nitrogen and oxygen atoms in total. The van der Waals surface area contributed by atoms with Crippen LogP contribution in [-0.2, 0) is 29.5 Å². The predicted octanol–water partition coefficient (Wildman–Crippen LogP) is -5.76. The summed E-state index contributed by atoms with van der Waals surface area (Å²) in [5.74, 6) is -7.27. The maximum absolute atomic E-state index is 13.8. The molecule has 2 saturated heterocycles. The minimum atomic E-state index is -4.84. The second-order valence-electron chi connectivity index (χ2n) is 11.2. The van der Waals surface area contributed by atoms with Crippen LogP contribution in [0.4, 0.5) is 0 Å². The van der Waals surface area contributed by atoms with E-state index in [4.69, 9.17) is 14.0 Å². The van der Waals surface area contributed by atoms with E-state index in [0.717, 1.165) is 24.3 Å². The van der Waals surface area contributed by atoms with Crippen molar-refractivity contribution in [3.8, 4) is 5.75 Å². The normalized spacial score (nSPS) is 40.4. The lowest BCUT2D eigenvalue weighted by Gasteiger charge is -2.51. The molecule has 0 bridgehead atoms. The smallest absolute Gasteiger partial charge is 0.446 e. The Hall–Kier alpha value is -2.93. The maximum atomic E-state index is 13.8. The molecule has 1 saturated carbocycles. The fourth-order valence-corrected chi connectivity index (χ4v) is 6.08. The van der Waals surface area contributed by atoms with Gasteiger partial charge in [-0.15, -0.1) is 0 Å². The van der Waals surface area contributed by atoms with E-state index in [1.165, 1.54) is 12.1 Å². The Morgan fingerprint density at radius 1 is 0.979 bits per heavy atom. The first kappa shape index (κ1) is 36.9. The molecule has 0 radical (unpaired) electrons. The van der Waals surface area contributed by atoms with Gasteiger partial charge >= 0.3 is 10.4 Å². The van der Waals surface area contributed by atoms with Gasteiger partial charge < -0.3 is 69.8 Å². The summed E-state index contributed by atoms with van der Waals surface area (Å²) < 4.78 is 45.3. The van der Waals surface area contributed by atoms with Crippen LogP contribution in [0.5, 0.6) is 5.75 Å². The summed E-state index contributed by atoms with van der Waals surface area (Å²) in [7, 11) is -4.84. The molecule has 1 aromatic carbocycles. The highest BCUT2D eigenvalue weighted by Crippen LogP contribution is 2.42. The first-order valence-corrected chi connectivity index (χ1v) is 15.2. The minimum Gasteiger partial charge on any atom is -0.507 e. The zero-order valence-electron chi connectivity index (χ0n) is 23.9. The van der Waals surface area contributed by atoms with E-state index in [1.807, 2.05) is 0 Å². The number of ketones is 2. The molecule has 2 aliphatic heterocycles. The van der Waals surface area contributed by atoms with Gasteiger partial charge in [-0.1, -0.05) is 18.2 Å². The summed E-state index contributed by atoms with van der Waals surface area (Å²) in [5.41, 5.74) is -4.66. The fraction of sp³-hybridized carbons (Fsp3) is 0.556. The monoisotopic (exact) mass is 694 g/mol. The van der Waals surface area contributed by atoms with Gasteiger partial charge in [-0.2, -0.15) is 8.42 Å². The lowest BCUT2D eigenvalue weighted by molar-refractivity contribution is -0.286. The molecule has 47 heavy (non-hydrogen) atoms. The van der Waals surface area contributed by atoms with Crippen LogP contribution in [0.2, 0.25) is 0 Å². The van der Waals surface area contributed by atoms with Crippen molar-refractivity contribution >= 4 is 28.0 Å². The van der Waals surface area contributed by atoms with Gasteiger partial charge in [0.25, 0.3) is 0 Å². The summed E-state index contributed by atoms with van der Waals surface area (Å²) in [4.78, 5) is 27.5. The molecule has 0 spiro atoms. The van der Waals surface area contributed by atoms with Gasteiger partial charge in [-0.25, -0.2) is 0 Å². The molecule has 0 aromatic heterocycles. The molecule has 20 heteroatoms. The molecule has 4 rings (SSSR count). The van der Waals surface area contributed by atoms with E-state index in [2.05, 4.69) is 4.18 Å². The molecular weight excluding hydrogens is 660 g/mol. The quantitative estimate of drug-likeness (QED) is 0.0522. The highest BCUT2D eigenvalue weighted by atomic mass is 32.3. The lowest BCUT2D eigenvalue weighted by atomic mass is 9.64. The Balaban J connectivity index is 1.80. The summed E-state index contributed by atoms with van der Waals surface area (Å²) in [5, 5.41) is 116. The van der Waals surface area contributed by atoms with E-state index in [9.17, 15) is 74.2 Å². The van der Waals surface area contributed by atoms with Gasteiger partial charge in [-0.3, -0.25) is 14.1 Å². The van der Waals surface area contributed by atoms with Gasteiger partial charge in [0.05, 0.1) is 25.2 Å². The van der Waals surface area contributed by atoms with Gasteiger partial charge in [0, 0.05) is 0 Å². The Labute approximate surface area is 265 Å². The average Bonchev–Trinajstić information content (AvgIpc) is 3.00. The Morgan fingerprint density at radius 3 is 2.17 bits per heavy atom. The van der Waals surface area contributed by atoms with Crippen LogP contribution >= 0.6 is 0 Å². The topological polar surface area (TPSA) is 339 Å². The van der Waals surface area contributed by atoms with Crippen molar-refractivity contribution < 1.29 is 92.4 Å². The number of carbonyl (C=O) groups excluding carboxylic acids is 2. The third-order valence-corrected chi connectivity index (χ3v) is 8.68. The van der Waals surface area contributed by atoms with E-state index in [-0.39, 0.29) is 11.3 Å². The number of allylic oxidation sites excluding steroid dienone is 1. The zero-order valence-corrected chi connectivity index (χ0v) is 24.8. The van der Waals surface area contributed by atoms with Crippen LogP contribution in [0.15, 0.2) is 41.7 Å². The Bertz CT molecular complexity index is 1490. The molecule has 262 valence electrons. The van der Waals surface area contributed by atoms with Crippen molar-refractivity contribution in [1.82, 2.24) is 0 Å². The van der Waals surface area contributed by atoms with Crippen LogP contribution in [0.3, 0.4) is 0 Å². The number of carbonyl (C=O) groups is 2. The van der Waals surface area contributed by atoms with Crippen LogP contribution < -0.4 is 4.18 Å². The molecule has 13 unspecified atom stereocenters. The van der Waals surface area contributed by atoms with Gasteiger partial charge in [-0.05, 0) is 23.8 Å². The van der Waals surface area contributed by atoms with Crippen molar-refractivity contribution in [2.24, 2.45) is 5.92 Å². The fourth-order valence-electron chi connectivity index (χ4n) is 5.73. The lowest BCUT2D eigenvalue weighted by Crippen LogP contribution is -2.75. The summed E-state index contributed by atoms with van der Waals surface area (Å²) >= 11 is 0. The number of aliphatic hydroxyl groups is 11. The van der Waals surface area contributed by atoms with Crippen molar-refractivity contribution in [2.75, 3.05) is 13.2 Å². The van der Waals surface area contributed by atoms with Gasteiger partial charge in [0.1, 0.15) is 78.1 Å². The van der Waals surface area contributed by atoms with Crippen LogP contribution in [0.25, 0.3) is 6.08 Å². The van der Waals surface area contributed by atoms with Crippen molar-refractivity contribution in [3.63, 3.8) is 0 Å². The number of benzene rings is 1. The van der Waals surface area contributed by atoms with Gasteiger partial charge in [0.2, 0.25) is 5.78 Å². The Morgan fingerprint density at radius 2 is 1.60 bits per heavy atom. The SMILES string of the molecule is O=C1/C(=C(O)\C=C\c2ccc(OS(=O)(=O)O)cc2)C(=O)C(O)(C2OC(CO)C(O)C(O)C2O)C(O)C1C(O)C1OCC(O)C(O)C1O. The van der Waals surface area contributed by atoms with Gasteiger partial charge in [0.15, 0.2) is 11.4 Å². The number of ether oxygens (including phenoxy) is 2. The maximum Gasteiger partial charge on any atom is 0.446 e. The molecule has 2 heterocycles. The van der Waals surface area contributed by atoms with Crippen LogP contribution in [0, 0.1) is 5.92 Å². The minimum absolute atomic E-state index is 0.169. The number of aliphatic hydroxyl groups excluding tert-OH is 10. The summed E-state index contributed by atoms with van der Waals surface area (Å²) in [6.45, 7) is -1.72. The van der Waals surface area contributed by atoms with E-state index in [0.29, 0.717) is 0 Å². The third kappa shape index (κ3) is 6.97. The number of hydrogen-bond acceptors (Lipinski definition) is 18. The standard InChI is InChI=1S/C27H34O19S/c28-7-13-17(32)20(35)22(37)26(45-13)27(40)24(38)14(11(29)6-3-9-1-4-10(5-2-9)46-47(41,42)43)18(33)15(25(27)39)19(34)23-21(36)16(31)12(30)8-44-23/h1-6,12-13,15-17,19-23,25-26,28-32,34-37,39-40H,7-8H2,(H,41,42,43)/b6-3+,14-11-. The summed E-state index contributed by atoms with van der Waals surface area (Å²) in [6.07, 6.45) is -21.7. The average molecular weight is 695 g/mol. The van der Waals surface area contributed by atoms with Crippen LogP contribution in [-0.4, -0.2) is 167 Å². The van der Waals surface area contributed by atoms with E-state index in [1.54, 1.807) is 0 Å². The van der Waals surface area contributed by atoms with Crippen molar-refractivity contribution in [1.29, 1.82) is 0 Å². The molecule has 1 aromatic rings. The molecule has 13 atom stereocenters. The number of hydrogen-bond donors (Lipinski definition) is 12. The number of Topliss-reactive ketones (excluding diaryl/α,β-unsaturated/α-hetero) is 2. The third-order valence-electron chi connectivity index (χ3n) is 8.27. The molecule has 0 amide bonds. The predicted molar refractivity (Wildman–Crippen MR) is 149 cm³/mol. The highest BCUT2D eigenvalue weighted by molar-refractivity contribution is 7.81. The zero-order chi connectivity index (χ0) is 35.2. The molecular formula is C27H34O19S. The molecule has 12 N–H and O–H groups in total. The largest absolute Gasteiger partial charge is 0.507 e. The number of rotatable bonds is 8. The van der Waals surface area contributed by atoms with Crippen molar-refractivity contribution in [2.45, 2.75) is 72.7 Å². The van der Waals surface area contributed by atoms with Crippen LogP contribution in [0.1, 0.15) is 5.56 Å². The first-order valence-electron chi connectivity index (χ1n) is 13.9. The molecule has 3 aliphatic rings. The molecule has 1 aliphatic carbocycles. The Kier molecular flexibility index (Phi) is 10.9. The summed E-state index contributed by atoms with van der Waals surface area (Å²) in [6, 6.07) is 4.58.